The predicted molar refractivity (Wildman–Crippen MR) is 106 cm³/mol. The first-order chi connectivity index (χ1) is 12.8. The molecule has 0 radical (unpaired) electrons. The molecule has 1 atom stereocenters. The van der Waals surface area contributed by atoms with Gasteiger partial charge in [-0.3, -0.25) is 9.59 Å². The molecule has 1 saturated heterocycles. The van der Waals surface area contributed by atoms with Crippen molar-refractivity contribution in [3.05, 3.63) is 46.8 Å². The minimum Gasteiger partial charge on any atom is -0.340 e. The molecule has 1 aliphatic rings. The number of thioether (sulfide) groups is 1. The second kappa shape index (κ2) is 7.85. The highest BCUT2D eigenvalue weighted by Crippen LogP contribution is 2.21. The van der Waals surface area contributed by atoms with Crippen LogP contribution in [0.4, 0.5) is 0 Å². The van der Waals surface area contributed by atoms with Crippen LogP contribution in [-0.4, -0.2) is 59.9 Å². The van der Waals surface area contributed by atoms with Gasteiger partial charge in [-0.2, -0.15) is 5.10 Å². The van der Waals surface area contributed by atoms with E-state index in [2.05, 4.69) is 5.10 Å². The summed E-state index contributed by atoms with van der Waals surface area (Å²) in [5.41, 5.74) is 1.07. The topological polar surface area (TPSA) is 89.3 Å². The summed E-state index contributed by atoms with van der Waals surface area (Å²) in [7, 11) is -1.51. The fourth-order valence-corrected chi connectivity index (χ4v) is 5.18. The van der Waals surface area contributed by atoms with E-state index in [4.69, 9.17) is 0 Å². The highest BCUT2D eigenvalue weighted by atomic mass is 32.2. The minimum atomic E-state index is -3.08. The number of rotatable bonds is 5. The Kier molecular flexibility index (Phi) is 5.71. The van der Waals surface area contributed by atoms with E-state index < -0.39 is 9.84 Å². The Labute approximate surface area is 162 Å². The molecule has 0 spiro atoms. The van der Waals surface area contributed by atoms with Gasteiger partial charge in [-0.1, -0.05) is 12.1 Å². The van der Waals surface area contributed by atoms with Crippen molar-refractivity contribution in [3.63, 3.8) is 0 Å². The van der Waals surface area contributed by atoms with Gasteiger partial charge in [-0.15, -0.1) is 11.8 Å². The van der Waals surface area contributed by atoms with Crippen LogP contribution >= 0.6 is 11.8 Å². The molecule has 1 aliphatic heterocycles. The molecular formula is C18H21N3O4S2. The molecule has 2 aromatic rings. The molecule has 1 amide bonds. The van der Waals surface area contributed by atoms with Crippen LogP contribution in [0.5, 0.6) is 0 Å². The lowest BCUT2D eigenvalue weighted by molar-refractivity contribution is -0.132. The zero-order valence-corrected chi connectivity index (χ0v) is 16.8. The Hall–Kier alpha value is -2.13. The molecule has 27 heavy (non-hydrogen) atoms. The van der Waals surface area contributed by atoms with Gasteiger partial charge >= 0.3 is 0 Å². The summed E-state index contributed by atoms with van der Waals surface area (Å²) in [6, 6.07) is 10.4. The fraction of sp³-hybridized carbons (Fsp3) is 0.389. The Morgan fingerprint density at radius 3 is 2.56 bits per heavy atom. The predicted octanol–water partition coefficient (Wildman–Crippen LogP) is 1.28. The lowest BCUT2D eigenvalue weighted by Gasteiger charge is -2.23. The normalized spacial score (nSPS) is 18.4. The van der Waals surface area contributed by atoms with Crippen molar-refractivity contribution in [3.8, 4) is 11.3 Å². The largest absolute Gasteiger partial charge is 0.340 e. The summed E-state index contributed by atoms with van der Waals surface area (Å²) < 4.78 is 24.4. The number of nitrogens with zero attached hydrogens (tertiary/aromatic N) is 3. The highest BCUT2D eigenvalue weighted by Gasteiger charge is 2.32. The summed E-state index contributed by atoms with van der Waals surface area (Å²) in [5.74, 6) is -0.268. The van der Waals surface area contributed by atoms with Crippen LogP contribution in [-0.2, 0) is 21.2 Å². The van der Waals surface area contributed by atoms with Gasteiger partial charge < -0.3 is 4.90 Å². The van der Waals surface area contributed by atoms with Gasteiger partial charge in [0.1, 0.15) is 6.54 Å². The average Bonchev–Trinajstić information content (AvgIpc) is 3.02. The molecule has 144 valence electrons. The van der Waals surface area contributed by atoms with E-state index in [0.29, 0.717) is 12.1 Å². The van der Waals surface area contributed by atoms with Crippen LogP contribution in [0.25, 0.3) is 11.3 Å². The zero-order valence-electron chi connectivity index (χ0n) is 15.2. The molecule has 9 heteroatoms. The van der Waals surface area contributed by atoms with Gasteiger partial charge in [-0.05, 0) is 30.9 Å². The van der Waals surface area contributed by atoms with Gasteiger partial charge in [0.25, 0.3) is 5.56 Å². The van der Waals surface area contributed by atoms with E-state index in [1.54, 1.807) is 24.9 Å². The summed E-state index contributed by atoms with van der Waals surface area (Å²) in [4.78, 5) is 27.2. The van der Waals surface area contributed by atoms with Crippen LogP contribution < -0.4 is 5.56 Å². The molecule has 3 rings (SSSR count). The van der Waals surface area contributed by atoms with Crippen molar-refractivity contribution in [1.29, 1.82) is 0 Å². The lowest BCUT2D eigenvalue weighted by Crippen LogP contribution is -2.41. The Morgan fingerprint density at radius 1 is 1.26 bits per heavy atom. The molecule has 7 nitrogen and oxygen atoms in total. The van der Waals surface area contributed by atoms with Gasteiger partial charge in [0.05, 0.1) is 17.2 Å². The third-order valence-corrected chi connectivity index (χ3v) is 7.18. The second-order valence-corrected chi connectivity index (χ2v) is 9.61. The minimum absolute atomic E-state index is 0.0284. The van der Waals surface area contributed by atoms with E-state index in [0.717, 1.165) is 15.1 Å². The quantitative estimate of drug-likeness (QED) is 0.694. The molecular weight excluding hydrogens is 386 g/mol. The van der Waals surface area contributed by atoms with Crippen LogP contribution in [0, 0.1) is 0 Å². The van der Waals surface area contributed by atoms with Crippen molar-refractivity contribution in [2.45, 2.75) is 23.9 Å². The molecule has 0 N–H and O–H groups in total. The molecule has 1 fully saturated rings. The number of likely N-dealkylation sites (N-methyl/N-ethyl adjacent to an activating group) is 1. The van der Waals surface area contributed by atoms with E-state index in [1.165, 1.54) is 11.0 Å². The Bertz CT molecular complexity index is 1000. The number of amides is 1. The van der Waals surface area contributed by atoms with E-state index in [9.17, 15) is 18.0 Å². The van der Waals surface area contributed by atoms with Crippen molar-refractivity contribution in [2.75, 3.05) is 24.8 Å². The summed E-state index contributed by atoms with van der Waals surface area (Å²) in [6.07, 6.45) is 2.42. The monoisotopic (exact) mass is 407 g/mol. The van der Waals surface area contributed by atoms with E-state index in [-0.39, 0.29) is 35.6 Å². The molecule has 0 bridgehead atoms. The van der Waals surface area contributed by atoms with Crippen molar-refractivity contribution >= 4 is 27.5 Å². The number of benzene rings is 1. The first-order valence-electron chi connectivity index (χ1n) is 8.48. The van der Waals surface area contributed by atoms with Gasteiger partial charge in [0.2, 0.25) is 5.91 Å². The number of carbonyl (C=O) groups excluding carboxylic acids is 1. The fourth-order valence-electron chi connectivity index (χ4n) is 3.00. The Balaban J connectivity index is 1.78. The van der Waals surface area contributed by atoms with Crippen LogP contribution in [0.3, 0.4) is 0 Å². The number of carbonyl (C=O) groups is 1. The highest BCUT2D eigenvalue weighted by molar-refractivity contribution is 7.98. The SMILES string of the molecule is CSc1ccc(-c2ccc(=O)n(CC(=O)N(C)C3CCS(=O)(=O)C3)n2)cc1. The summed E-state index contributed by atoms with van der Waals surface area (Å²) in [5, 5.41) is 4.31. The third-order valence-electron chi connectivity index (χ3n) is 4.69. The average molecular weight is 408 g/mol. The van der Waals surface area contributed by atoms with Gasteiger partial charge in [0.15, 0.2) is 9.84 Å². The first kappa shape index (κ1) is 19.6. The van der Waals surface area contributed by atoms with Gasteiger partial charge in [0, 0.05) is 29.6 Å². The zero-order chi connectivity index (χ0) is 19.6. The molecule has 0 aliphatic carbocycles. The smallest absolute Gasteiger partial charge is 0.267 e. The number of sulfone groups is 1. The van der Waals surface area contributed by atoms with Gasteiger partial charge in [-0.25, -0.2) is 13.1 Å². The van der Waals surface area contributed by atoms with E-state index >= 15 is 0 Å². The molecule has 0 saturated carbocycles. The summed E-state index contributed by atoms with van der Waals surface area (Å²) >= 11 is 1.63. The van der Waals surface area contributed by atoms with Crippen LogP contribution in [0.1, 0.15) is 6.42 Å². The van der Waals surface area contributed by atoms with Crippen molar-refractivity contribution < 1.29 is 13.2 Å². The van der Waals surface area contributed by atoms with Crippen molar-refractivity contribution in [2.24, 2.45) is 0 Å². The Morgan fingerprint density at radius 2 is 1.96 bits per heavy atom. The summed E-state index contributed by atoms with van der Waals surface area (Å²) in [6.45, 7) is -0.220. The van der Waals surface area contributed by atoms with Crippen LogP contribution in [0.2, 0.25) is 0 Å². The molecule has 2 heterocycles. The van der Waals surface area contributed by atoms with Crippen LogP contribution in [0.15, 0.2) is 46.1 Å². The maximum Gasteiger partial charge on any atom is 0.267 e. The standard InChI is InChI=1S/C18H21N3O4S2/c1-20(14-9-10-27(24,25)12-14)18(23)11-21-17(22)8-7-16(19-21)13-3-5-15(26-2)6-4-13/h3-8,14H,9-12H2,1-2H3. The number of aromatic nitrogens is 2. The first-order valence-corrected chi connectivity index (χ1v) is 11.5. The number of hydrogen-bond donors (Lipinski definition) is 0. The molecule has 1 aromatic carbocycles. The lowest BCUT2D eigenvalue weighted by atomic mass is 10.1. The molecule has 1 unspecified atom stereocenters. The second-order valence-electron chi connectivity index (χ2n) is 6.50. The third kappa shape index (κ3) is 4.59. The number of hydrogen-bond acceptors (Lipinski definition) is 6. The maximum atomic E-state index is 12.5. The molecule has 1 aromatic heterocycles. The van der Waals surface area contributed by atoms with Crippen molar-refractivity contribution in [1.82, 2.24) is 14.7 Å². The maximum absolute atomic E-state index is 12.5. The van der Waals surface area contributed by atoms with E-state index in [1.807, 2.05) is 30.5 Å².